The third-order valence-corrected chi connectivity index (χ3v) is 8.58. The highest BCUT2D eigenvalue weighted by Crippen LogP contribution is 2.33. The summed E-state index contributed by atoms with van der Waals surface area (Å²) in [5, 5.41) is 15.3. The third kappa shape index (κ3) is 6.47. The normalized spacial score (nSPS) is 14.1. The van der Waals surface area contributed by atoms with Gasteiger partial charge in [0.1, 0.15) is 5.01 Å². The molecule has 0 saturated carbocycles. The van der Waals surface area contributed by atoms with Gasteiger partial charge in [-0.2, -0.15) is 0 Å². The van der Waals surface area contributed by atoms with E-state index in [1.54, 1.807) is 11.3 Å². The largest absolute Gasteiger partial charge is 0.372 e. The maximum absolute atomic E-state index is 12.7. The Balaban J connectivity index is 1.24. The molecule has 1 aliphatic heterocycles. The zero-order chi connectivity index (χ0) is 25.5. The molecular weight excluding hydrogens is 492 g/mol. The minimum atomic E-state index is -0.197. The summed E-state index contributed by atoms with van der Waals surface area (Å²) in [6.45, 7) is 9.73. The fourth-order valence-electron chi connectivity index (χ4n) is 4.42. The lowest BCUT2D eigenvalue weighted by molar-refractivity contribution is -0.133. The molecule has 3 heterocycles. The van der Waals surface area contributed by atoms with Gasteiger partial charge in [0.25, 0.3) is 0 Å². The van der Waals surface area contributed by atoms with Gasteiger partial charge in [-0.15, -0.1) is 21.5 Å². The van der Waals surface area contributed by atoms with E-state index in [0.29, 0.717) is 24.1 Å². The van der Waals surface area contributed by atoms with Crippen LogP contribution in [0.2, 0.25) is 0 Å². The Kier molecular flexibility index (Phi) is 9.03. The summed E-state index contributed by atoms with van der Waals surface area (Å²) in [5.74, 6) is 0.205. The van der Waals surface area contributed by atoms with Gasteiger partial charge < -0.3 is 15.1 Å². The summed E-state index contributed by atoms with van der Waals surface area (Å²) in [7, 11) is 0. The minimum absolute atomic E-state index is 0.0308. The topological polar surface area (TPSA) is 91.3 Å². The van der Waals surface area contributed by atoms with Crippen LogP contribution in [0.5, 0.6) is 0 Å². The van der Waals surface area contributed by atoms with Crippen LogP contribution >= 0.6 is 22.7 Å². The van der Waals surface area contributed by atoms with Gasteiger partial charge in [-0.25, -0.2) is 4.98 Å². The lowest BCUT2D eigenvalue weighted by Crippen LogP contribution is -2.38. The van der Waals surface area contributed by atoms with Crippen LogP contribution < -0.4 is 10.2 Å². The second-order valence-corrected chi connectivity index (χ2v) is 10.8. The van der Waals surface area contributed by atoms with E-state index in [1.807, 2.05) is 11.8 Å². The van der Waals surface area contributed by atoms with Crippen molar-refractivity contribution < 1.29 is 9.59 Å². The summed E-state index contributed by atoms with van der Waals surface area (Å²) >= 11 is 3.08. The van der Waals surface area contributed by atoms with E-state index in [2.05, 4.69) is 63.9 Å². The SMILES string of the molecule is CCc1nnc(NC(=O)CCC(=O)N2CCC(c3nc(-c4ccc(N(CC)CC)cc4)cs3)CC2)s1. The number of hydrogen-bond acceptors (Lipinski definition) is 8. The average Bonchev–Trinajstić information content (AvgIpc) is 3.58. The van der Waals surface area contributed by atoms with Gasteiger partial charge in [0, 0.05) is 61.6 Å². The maximum atomic E-state index is 12.7. The van der Waals surface area contributed by atoms with Gasteiger partial charge >= 0.3 is 0 Å². The zero-order valence-corrected chi connectivity index (χ0v) is 22.8. The second-order valence-electron chi connectivity index (χ2n) is 8.85. The quantitative estimate of drug-likeness (QED) is 0.391. The van der Waals surface area contributed by atoms with E-state index < -0.39 is 0 Å². The van der Waals surface area contributed by atoms with E-state index in [0.717, 1.165) is 53.6 Å². The molecule has 3 aromatic rings. The number of nitrogens with one attached hydrogen (secondary N) is 1. The molecule has 0 bridgehead atoms. The van der Waals surface area contributed by atoms with Gasteiger partial charge in [-0.3, -0.25) is 9.59 Å². The number of thiazole rings is 1. The van der Waals surface area contributed by atoms with Gasteiger partial charge in [-0.05, 0) is 45.2 Å². The molecule has 0 spiro atoms. The number of piperidine rings is 1. The lowest BCUT2D eigenvalue weighted by Gasteiger charge is -2.31. The predicted octanol–water partition coefficient (Wildman–Crippen LogP) is 5.20. The van der Waals surface area contributed by atoms with Crippen molar-refractivity contribution in [2.75, 3.05) is 36.4 Å². The Morgan fingerprint density at radius 3 is 2.42 bits per heavy atom. The van der Waals surface area contributed by atoms with Crippen molar-refractivity contribution in [2.24, 2.45) is 0 Å². The van der Waals surface area contributed by atoms with Crippen molar-refractivity contribution in [3.8, 4) is 11.3 Å². The minimum Gasteiger partial charge on any atom is -0.372 e. The summed E-state index contributed by atoms with van der Waals surface area (Å²) < 4.78 is 0. The van der Waals surface area contributed by atoms with Gasteiger partial charge in [-0.1, -0.05) is 30.4 Å². The first-order valence-electron chi connectivity index (χ1n) is 12.7. The highest BCUT2D eigenvalue weighted by molar-refractivity contribution is 7.15. The molecule has 0 unspecified atom stereocenters. The molecule has 192 valence electrons. The Hall–Kier alpha value is -2.85. The molecule has 8 nitrogen and oxygen atoms in total. The Labute approximate surface area is 220 Å². The molecule has 0 atom stereocenters. The molecule has 0 radical (unpaired) electrons. The number of benzene rings is 1. The van der Waals surface area contributed by atoms with Crippen molar-refractivity contribution in [3.05, 3.63) is 39.7 Å². The Bertz CT molecular complexity index is 1150. The average molecular weight is 527 g/mol. The second kappa shape index (κ2) is 12.4. The fraction of sp³-hybridized carbons (Fsp3) is 0.500. The zero-order valence-electron chi connectivity index (χ0n) is 21.2. The van der Waals surface area contributed by atoms with E-state index in [1.165, 1.54) is 17.0 Å². The smallest absolute Gasteiger partial charge is 0.226 e. The van der Waals surface area contributed by atoms with Crippen LogP contribution in [-0.2, 0) is 16.0 Å². The molecule has 0 aliphatic carbocycles. The monoisotopic (exact) mass is 526 g/mol. The number of rotatable bonds is 10. The van der Waals surface area contributed by atoms with Crippen molar-refractivity contribution in [2.45, 2.75) is 58.8 Å². The summed E-state index contributed by atoms with van der Waals surface area (Å²) in [6.07, 6.45) is 2.95. The number of hydrogen-bond donors (Lipinski definition) is 1. The van der Waals surface area contributed by atoms with Crippen LogP contribution in [0.25, 0.3) is 11.3 Å². The molecule has 2 aromatic heterocycles. The lowest BCUT2D eigenvalue weighted by atomic mass is 9.97. The van der Waals surface area contributed by atoms with Crippen LogP contribution in [-0.4, -0.2) is 58.1 Å². The van der Waals surface area contributed by atoms with Crippen LogP contribution in [0.1, 0.15) is 62.4 Å². The number of carbonyl (C=O) groups is 2. The third-order valence-electron chi connectivity index (χ3n) is 6.59. The summed E-state index contributed by atoms with van der Waals surface area (Å²) in [4.78, 5) is 34.0. The van der Waals surface area contributed by atoms with E-state index >= 15 is 0 Å². The number of nitrogens with zero attached hydrogens (tertiary/aromatic N) is 5. The van der Waals surface area contributed by atoms with Crippen LogP contribution in [0.15, 0.2) is 29.6 Å². The highest BCUT2D eigenvalue weighted by atomic mass is 32.1. The molecular formula is C26H34N6O2S2. The van der Waals surface area contributed by atoms with Crippen molar-refractivity contribution >= 4 is 45.3 Å². The fourth-order valence-corrected chi connectivity index (χ4v) is 6.12. The molecule has 1 fully saturated rings. The van der Waals surface area contributed by atoms with Crippen molar-refractivity contribution in [3.63, 3.8) is 0 Å². The number of anilines is 2. The number of amides is 2. The maximum Gasteiger partial charge on any atom is 0.226 e. The van der Waals surface area contributed by atoms with Gasteiger partial charge in [0.2, 0.25) is 16.9 Å². The Morgan fingerprint density at radius 1 is 1.06 bits per heavy atom. The number of likely N-dealkylation sites (tertiary alicyclic amines) is 1. The first kappa shape index (κ1) is 26.2. The molecule has 4 rings (SSSR count). The summed E-state index contributed by atoms with van der Waals surface area (Å²) in [5.41, 5.74) is 3.39. The first-order chi connectivity index (χ1) is 17.5. The molecule has 2 amide bonds. The number of carbonyl (C=O) groups excluding carboxylic acids is 2. The molecule has 36 heavy (non-hydrogen) atoms. The van der Waals surface area contributed by atoms with E-state index in [-0.39, 0.29) is 24.7 Å². The van der Waals surface area contributed by atoms with Crippen LogP contribution in [0, 0.1) is 0 Å². The number of aromatic nitrogens is 3. The van der Waals surface area contributed by atoms with E-state index in [9.17, 15) is 9.59 Å². The standard InChI is InChI=1S/C26H34N6O2S2/c1-4-23-29-30-26(36-23)28-22(33)11-12-24(34)32-15-13-19(14-16-32)25-27-21(17-35-25)18-7-9-20(10-8-18)31(5-2)6-3/h7-10,17,19H,4-6,11-16H2,1-3H3,(H,28,30,33). The van der Waals surface area contributed by atoms with Crippen LogP contribution in [0.4, 0.5) is 10.8 Å². The molecule has 1 saturated heterocycles. The first-order valence-corrected chi connectivity index (χ1v) is 14.4. The van der Waals surface area contributed by atoms with Gasteiger partial charge in [0.05, 0.1) is 10.7 Å². The highest BCUT2D eigenvalue weighted by Gasteiger charge is 2.26. The predicted molar refractivity (Wildman–Crippen MR) is 147 cm³/mol. The Morgan fingerprint density at radius 2 is 1.78 bits per heavy atom. The summed E-state index contributed by atoms with van der Waals surface area (Å²) in [6, 6.07) is 8.64. The van der Waals surface area contributed by atoms with E-state index in [4.69, 9.17) is 4.98 Å². The van der Waals surface area contributed by atoms with Crippen molar-refractivity contribution in [1.29, 1.82) is 0 Å². The molecule has 1 N–H and O–H groups in total. The molecule has 1 aliphatic rings. The van der Waals surface area contributed by atoms with Crippen molar-refractivity contribution in [1.82, 2.24) is 20.1 Å². The molecule has 10 heteroatoms. The molecule has 1 aromatic carbocycles. The number of aryl methyl sites for hydroxylation is 1. The van der Waals surface area contributed by atoms with Crippen LogP contribution in [0.3, 0.4) is 0 Å². The van der Waals surface area contributed by atoms with Gasteiger partial charge in [0.15, 0.2) is 0 Å².